The summed E-state index contributed by atoms with van der Waals surface area (Å²) in [6, 6.07) is 9.98. The fourth-order valence-electron chi connectivity index (χ4n) is 1.93. The van der Waals surface area contributed by atoms with Gasteiger partial charge in [0.1, 0.15) is 0 Å². The van der Waals surface area contributed by atoms with Crippen molar-refractivity contribution in [2.45, 2.75) is 45.7 Å². The van der Waals surface area contributed by atoms with Gasteiger partial charge in [-0.15, -0.1) is 6.58 Å². The summed E-state index contributed by atoms with van der Waals surface area (Å²) < 4.78 is 0. The van der Waals surface area contributed by atoms with Gasteiger partial charge in [0, 0.05) is 6.54 Å². The second kappa shape index (κ2) is 7.27. The lowest BCUT2D eigenvalue weighted by Crippen LogP contribution is -2.41. The Balaban J connectivity index is 2.66. The maximum absolute atomic E-state index is 10.3. The molecule has 19 heavy (non-hydrogen) atoms. The summed E-state index contributed by atoms with van der Waals surface area (Å²) in [5.41, 5.74) is 2.00. The molecule has 1 aromatic rings. The van der Waals surface area contributed by atoms with E-state index in [0.717, 1.165) is 18.4 Å². The van der Waals surface area contributed by atoms with Gasteiger partial charge in [-0.1, -0.05) is 48.1 Å². The molecule has 0 aliphatic heterocycles. The van der Waals surface area contributed by atoms with Gasteiger partial charge in [0.2, 0.25) is 0 Å². The zero-order valence-corrected chi connectivity index (χ0v) is 12.3. The highest BCUT2D eigenvalue weighted by atomic mass is 16.5. The molecule has 2 heteroatoms. The molecule has 1 atom stereocenters. The molecule has 104 valence electrons. The predicted molar refractivity (Wildman–Crippen MR) is 81.0 cm³/mol. The van der Waals surface area contributed by atoms with E-state index in [1.54, 1.807) is 0 Å². The van der Waals surface area contributed by atoms with Crippen LogP contribution >= 0.6 is 0 Å². The number of rotatable bonds is 7. The number of benzene rings is 1. The van der Waals surface area contributed by atoms with Gasteiger partial charge in [-0.25, -0.2) is 0 Å². The average molecular weight is 259 g/mol. The summed E-state index contributed by atoms with van der Waals surface area (Å²) in [5.74, 6) is 0. The lowest BCUT2D eigenvalue weighted by Gasteiger charge is -2.34. The molecule has 0 heterocycles. The van der Waals surface area contributed by atoms with Crippen molar-refractivity contribution in [1.29, 1.82) is 0 Å². The Morgan fingerprint density at radius 2 is 1.95 bits per heavy atom. The largest absolute Gasteiger partial charge is 0.313 e. The Hall–Kier alpha value is -1.38. The average Bonchev–Trinajstić information content (AvgIpc) is 2.39. The Morgan fingerprint density at radius 1 is 1.32 bits per heavy atom. The SMILES string of the molecule is C=CC(C)(CCC=C(C)C)N(O)Cc1ccccc1. The van der Waals surface area contributed by atoms with Crippen LogP contribution in [0.4, 0.5) is 0 Å². The number of nitrogens with zero attached hydrogens (tertiary/aromatic N) is 1. The molecular weight excluding hydrogens is 234 g/mol. The zero-order valence-electron chi connectivity index (χ0n) is 12.3. The van der Waals surface area contributed by atoms with Crippen LogP contribution < -0.4 is 0 Å². The van der Waals surface area contributed by atoms with Gasteiger partial charge in [-0.3, -0.25) is 0 Å². The molecule has 0 spiro atoms. The molecule has 0 aliphatic carbocycles. The van der Waals surface area contributed by atoms with E-state index < -0.39 is 5.54 Å². The maximum atomic E-state index is 10.3. The van der Waals surface area contributed by atoms with Gasteiger partial charge in [0.15, 0.2) is 0 Å². The number of hydroxylamine groups is 2. The van der Waals surface area contributed by atoms with E-state index in [0.29, 0.717) is 6.54 Å². The summed E-state index contributed by atoms with van der Waals surface area (Å²) in [6.45, 7) is 10.6. The second-order valence-electron chi connectivity index (χ2n) is 5.42. The van der Waals surface area contributed by atoms with Crippen molar-refractivity contribution in [2.24, 2.45) is 0 Å². The summed E-state index contributed by atoms with van der Waals surface area (Å²) in [6.07, 6.45) is 5.81. The fourth-order valence-corrected chi connectivity index (χ4v) is 1.93. The molecular formula is C17H25NO. The zero-order chi connectivity index (χ0) is 14.3. The van der Waals surface area contributed by atoms with Crippen molar-refractivity contribution in [1.82, 2.24) is 5.06 Å². The minimum Gasteiger partial charge on any atom is -0.313 e. The first-order valence-corrected chi connectivity index (χ1v) is 6.75. The van der Waals surface area contributed by atoms with Crippen LogP contribution in [0, 0.1) is 0 Å². The van der Waals surface area contributed by atoms with E-state index in [2.05, 4.69) is 26.5 Å². The molecule has 0 saturated heterocycles. The van der Waals surface area contributed by atoms with Crippen molar-refractivity contribution in [3.8, 4) is 0 Å². The summed E-state index contributed by atoms with van der Waals surface area (Å²) >= 11 is 0. The molecule has 0 bridgehead atoms. The molecule has 2 nitrogen and oxygen atoms in total. The first-order valence-electron chi connectivity index (χ1n) is 6.75. The van der Waals surface area contributed by atoms with E-state index in [1.807, 2.05) is 43.3 Å². The molecule has 0 amide bonds. The smallest absolute Gasteiger partial charge is 0.0615 e. The molecule has 0 aromatic heterocycles. The van der Waals surface area contributed by atoms with Crippen molar-refractivity contribution in [2.75, 3.05) is 0 Å². The quantitative estimate of drug-likeness (QED) is 0.573. The van der Waals surface area contributed by atoms with Gasteiger partial charge < -0.3 is 5.21 Å². The van der Waals surface area contributed by atoms with E-state index >= 15 is 0 Å². The topological polar surface area (TPSA) is 23.5 Å². The highest BCUT2D eigenvalue weighted by Crippen LogP contribution is 2.23. The van der Waals surface area contributed by atoms with Crippen molar-refractivity contribution in [3.63, 3.8) is 0 Å². The second-order valence-corrected chi connectivity index (χ2v) is 5.42. The van der Waals surface area contributed by atoms with E-state index in [1.165, 1.54) is 10.6 Å². The van der Waals surface area contributed by atoms with E-state index in [9.17, 15) is 5.21 Å². The third kappa shape index (κ3) is 5.01. The van der Waals surface area contributed by atoms with Crippen molar-refractivity contribution < 1.29 is 5.21 Å². The van der Waals surface area contributed by atoms with Gasteiger partial charge in [0.25, 0.3) is 0 Å². The Morgan fingerprint density at radius 3 is 2.47 bits per heavy atom. The first kappa shape index (κ1) is 15.7. The van der Waals surface area contributed by atoms with Crippen LogP contribution in [0.5, 0.6) is 0 Å². The summed E-state index contributed by atoms with van der Waals surface area (Å²) in [7, 11) is 0. The third-order valence-electron chi connectivity index (χ3n) is 3.41. The fraction of sp³-hybridized carbons (Fsp3) is 0.412. The Bertz CT molecular complexity index is 420. The Labute approximate surface area is 117 Å². The molecule has 0 aliphatic rings. The van der Waals surface area contributed by atoms with Gasteiger partial charge in [0.05, 0.1) is 5.54 Å². The van der Waals surface area contributed by atoms with Crippen LogP contribution in [-0.4, -0.2) is 15.8 Å². The molecule has 0 fully saturated rings. The van der Waals surface area contributed by atoms with E-state index in [-0.39, 0.29) is 0 Å². The molecule has 1 unspecified atom stereocenters. The minimum absolute atomic E-state index is 0.401. The van der Waals surface area contributed by atoms with Crippen LogP contribution in [0.2, 0.25) is 0 Å². The van der Waals surface area contributed by atoms with Crippen molar-refractivity contribution >= 4 is 0 Å². The van der Waals surface area contributed by atoms with Gasteiger partial charge in [-0.05, 0) is 39.2 Å². The molecule has 1 aromatic carbocycles. The molecule has 1 rings (SSSR count). The van der Waals surface area contributed by atoms with Crippen LogP contribution in [0.25, 0.3) is 0 Å². The van der Waals surface area contributed by atoms with Crippen LogP contribution in [0.3, 0.4) is 0 Å². The number of allylic oxidation sites excluding steroid dienone is 2. The lowest BCUT2D eigenvalue weighted by atomic mass is 9.94. The van der Waals surface area contributed by atoms with Crippen LogP contribution in [0.15, 0.2) is 54.6 Å². The highest BCUT2D eigenvalue weighted by molar-refractivity contribution is 5.15. The molecule has 0 saturated carbocycles. The molecule has 0 radical (unpaired) electrons. The first-order chi connectivity index (χ1) is 8.98. The standard InChI is InChI=1S/C17H25NO/c1-5-17(4,13-9-10-15(2)3)18(19)14-16-11-7-6-8-12-16/h5-8,10-12,19H,1,9,13-14H2,2-4H3. The number of hydrogen-bond acceptors (Lipinski definition) is 2. The Kier molecular flexibility index (Phi) is 6.00. The maximum Gasteiger partial charge on any atom is 0.0615 e. The van der Waals surface area contributed by atoms with Gasteiger partial charge >= 0.3 is 0 Å². The normalized spacial score (nSPS) is 13.9. The molecule has 1 N–H and O–H groups in total. The van der Waals surface area contributed by atoms with Gasteiger partial charge in [-0.2, -0.15) is 5.06 Å². The minimum atomic E-state index is -0.401. The van der Waals surface area contributed by atoms with E-state index in [4.69, 9.17) is 0 Å². The highest BCUT2D eigenvalue weighted by Gasteiger charge is 2.26. The predicted octanol–water partition coefficient (Wildman–Crippen LogP) is 4.57. The summed E-state index contributed by atoms with van der Waals surface area (Å²) in [5, 5.41) is 11.7. The monoisotopic (exact) mass is 259 g/mol. The lowest BCUT2D eigenvalue weighted by molar-refractivity contribution is -0.161. The van der Waals surface area contributed by atoms with Crippen LogP contribution in [0.1, 0.15) is 39.2 Å². The third-order valence-corrected chi connectivity index (χ3v) is 3.41. The number of hydrogen-bond donors (Lipinski definition) is 1. The van der Waals surface area contributed by atoms with Crippen LogP contribution in [-0.2, 0) is 6.54 Å². The summed E-state index contributed by atoms with van der Waals surface area (Å²) in [4.78, 5) is 0. The van der Waals surface area contributed by atoms with Crippen molar-refractivity contribution in [3.05, 3.63) is 60.2 Å².